The average Bonchev–Trinajstić information content (AvgIpc) is 2.87. The molecule has 0 N–H and O–H groups in total. The summed E-state index contributed by atoms with van der Waals surface area (Å²) in [5.74, 6) is 0.449. The van der Waals surface area contributed by atoms with E-state index >= 15 is 0 Å². The zero-order valence-corrected chi connectivity index (χ0v) is 18.3. The lowest BCUT2D eigenvalue weighted by molar-refractivity contribution is 0.0877. The standard InChI is InChI=1S/C25H26F2N2O3/c1-15(18-5-4-6-19(16(2)26)25(18)27)7-8-21-20-13-23-24(14-22(20)29-17(3)28-21)32-12-10-30-9-11-31-23/h4-6,13-15H,2,7-12H2,1,3H3/t15-/m0/s1. The largest absolute Gasteiger partial charge is 0.487 e. The van der Waals surface area contributed by atoms with E-state index in [0.29, 0.717) is 62.2 Å². The van der Waals surface area contributed by atoms with Gasteiger partial charge in [0.25, 0.3) is 0 Å². The van der Waals surface area contributed by atoms with Crippen molar-refractivity contribution >= 4 is 16.7 Å². The summed E-state index contributed by atoms with van der Waals surface area (Å²) >= 11 is 0. The van der Waals surface area contributed by atoms with E-state index in [-0.39, 0.29) is 11.5 Å². The second-order valence-electron chi connectivity index (χ2n) is 7.90. The molecule has 3 aromatic rings. The molecule has 1 atom stereocenters. The Morgan fingerprint density at radius 2 is 1.81 bits per heavy atom. The van der Waals surface area contributed by atoms with Crippen molar-refractivity contribution in [2.75, 3.05) is 26.4 Å². The lowest BCUT2D eigenvalue weighted by atomic mass is 9.92. The van der Waals surface area contributed by atoms with Crippen molar-refractivity contribution in [2.45, 2.75) is 32.6 Å². The predicted molar refractivity (Wildman–Crippen MR) is 119 cm³/mol. The number of ether oxygens (including phenoxy) is 3. The van der Waals surface area contributed by atoms with Crippen LogP contribution in [0.2, 0.25) is 0 Å². The highest BCUT2D eigenvalue weighted by atomic mass is 19.1. The Hall–Kier alpha value is -3.06. The summed E-state index contributed by atoms with van der Waals surface area (Å²) < 4.78 is 45.4. The number of hydrogen-bond acceptors (Lipinski definition) is 5. The molecule has 0 amide bonds. The Kier molecular flexibility index (Phi) is 6.65. The van der Waals surface area contributed by atoms with E-state index in [4.69, 9.17) is 14.2 Å². The highest BCUT2D eigenvalue weighted by molar-refractivity contribution is 5.85. The van der Waals surface area contributed by atoms with Crippen LogP contribution in [0.5, 0.6) is 11.5 Å². The molecule has 0 saturated heterocycles. The first-order chi connectivity index (χ1) is 15.4. The number of aromatic nitrogens is 2. The minimum absolute atomic E-state index is 0.0895. The quantitative estimate of drug-likeness (QED) is 0.521. The fourth-order valence-electron chi connectivity index (χ4n) is 3.92. The van der Waals surface area contributed by atoms with Gasteiger partial charge in [-0.2, -0.15) is 0 Å². The topological polar surface area (TPSA) is 53.5 Å². The molecule has 0 spiro atoms. The fraction of sp³-hybridized carbons (Fsp3) is 0.360. The number of aryl methyl sites for hydroxylation is 2. The zero-order valence-electron chi connectivity index (χ0n) is 18.3. The Morgan fingerprint density at radius 1 is 1.09 bits per heavy atom. The highest BCUT2D eigenvalue weighted by Gasteiger charge is 2.18. The van der Waals surface area contributed by atoms with Gasteiger partial charge in [-0.1, -0.05) is 25.6 Å². The number of benzene rings is 2. The number of rotatable bonds is 5. The van der Waals surface area contributed by atoms with Crippen molar-refractivity contribution in [2.24, 2.45) is 0 Å². The van der Waals surface area contributed by atoms with Gasteiger partial charge in [0.05, 0.1) is 24.4 Å². The minimum atomic E-state index is -0.770. The van der Waals surface area contributed by atoms with E-state index in [1.165, 1.54) is 6.07 Å². The molecule has 32 heavy (non-hydrogen) atoms. The van der Waals surface area contributed by atoms with Crippen LogP contribution in [0.25, 0.3) is 16.7 Å². The van der Waals surface area contributed by atoms with Gasteiger partial charge in [-0.3, -0.25) is 0 Å². The Morgan fingerprint density at radius 3 is 2.53 bits per heavy atom. The first-order valence-electron chi connectivity index (χ1n) is 10.7. The third-order valence-electron chi connectivity index (χ3n) is 5.59. The van der Waals surface area contributed by atoms with Crippen molar-refractivity contribution in [3.63, 3.8) is 0 Å². The summed E-state index contributed by atoms with van der Waals surface area (Å²) in [6, 6.07) is 8.52. The van der Waals surface area contributed by atoms with Gasteiger partial charge in [-0.05, 0) is 43.4 Å². The molecule has 1 aliphatic rings. The third kappa shape index (κ3) is 4.72. The normalized spacial score (nSPS) is 15.0. The van der Waals surface area contributed by atoms with Crippen LogP contribution in [-0.4, -0.2) is 36.4 Å². The Balaban J connectivity index is 1.63. The molecule has 0 aliphatic carbocycles. The summed E-state index contributed by atoms with van der Waals surface area (Å²) in [5.41, 5.74) is 2.00. The predicted octanol–water partition coefficient (Wildman–Crippen LogP) is 5.54. The number of fused-ring (bicyclic) bond motifs is 2. The number of halogens is 2. The van der Waals surface area contributed by atoms with E-state index < -0.39 is 11.6 Å². The zero-order chi connectivity index (χ0) is 22.7. The van der Waals surface area contributed by atoms with Crippen molar-refractivity contribution in [1.82, 2.24) is 9.97 Å². The van der Waals surface area contributed by atoms with Gasteiger partial charge < -0.3 is 14.2 Å². The summed E-state index contributed by atoms with van der Waals surface area (Å²) in [6.45, 7) is 8.85. The van der Waals surface area contributed by atoms with Gasteiger partial charge in [0.2, 0.25) is 0 Å². The SMILES string of the molecule is C=C(F)c1cccc([C@@H](C)CCc2nc(C)nc3cc4c(cc23)OCCOCCO4)c1F. The lowest BCUT2D eigenvalue weighted by Gasteiger charge is -2.16. The Bertz CT molecular complexity index is 1150. The molecule has 7 heteroatoms. The van der Waals surface area contributed by atoms with Crippen LogP contribution in [0.15, 0.2) is 36.9 Å². The van der Waals surface area contributed by atoms with Gasteiger partial charge in [0.1, 0.15) is 30.7 Å². The van der Waals surface area contributed by atoms with E-state index in [0.717, 1.165) is 16.6 Å². The van der Waals surface area contributed by atoms with Crippen molar-refractivity contribution in [1.29, 1.82) is 0 Å². The third-order valence-corrected chi connectivity index (χ3v) is 5.59. The molecule has 0 fully saturated rings. The smallest absolute Gasteiger partial charge is 0.163 e. The summed E-state index contributed by atoms with van der Waals surface area (Å²) in [4.78, 5) is 9.21. The van der Waals surface area contributed by atoms with Gasteiger partial charge in [0.15, 0.2) is 11.5 Å². The monoisotopic (exact) mass is 440 g/mol. The van der Waals surface area contributed by atoms with Crippen LogP contribution >= 0.6 is 0 Å². The molecule has 0 radical (unpaired) electrons. The maximum absolute atomic E-state index is 14.7. The number of hydrogen-bond donors (Lipinski definition) is 0. The second-order valence-corrected chi connectivity index (χ2v) is 7.90. The molecule has 1 aromatic heterocycles. The molecule has 1 aliphatic heterocycles. The molecule has 2 heterocycles. The van der Waals surface area contributed by atoms with Crippen LogP contribution < -0.4 is 9.47 Å². The van der Waals surface area contributed by atoms with Gasteiger partial charge in [-0.15, -0.1) is 0 Å². The molecular formula is C25H26F2N2O3. The van der Waals surface area contributed by atoms with E-state index in [9.17, 15) is 8.78 Å². The van der Waals surface area contributed by atoms with Gasteiger partial charge in [0, 0.05) is 17.0 Å². The van der Waals surface area contributed by atoms with E-state index in [2.05, 4.69) is 16.5 Å². The number of nitrogens with zero attached hydrogens (tertiary/aromatic N) is 2. The van der Waals surface area contributed by atoms with Gasteiger partial charge in [-0.25, -0.2) is 18.7 Å². The molecule has 4 rings (SSSR count). The molecule has 0 saturated carbocycles. The maximum Gasteiger partial charge on any atom is 0.163 e. The first-order valence-corrected chi connectivity index (χ1v) is 10.7. The van der Waals surface area contributed by atoms with Crippen LogP contribution in [-0.2, 0) is 11.2 Å². The summed E-state index contributed by atoms with van der Waals surface area (Å²) in [6.07, 6.45) is 1.23. The molecule has 0 bridgehead atoms. The van der Waals surface area contributed by atoms with Crippen LogP contribution in [0.1, 0.15) is 41.9 Å². The molecule has 5 nitrogen and oxygen atoms in total. The molecule has 168 valence electrons. The van der Waals surface area contributed by atoms with Crippen LogP contribution in [0.4, 0.5) is 8.78 Å². The van der Waals surface area contributed by atoms with Crippen LogP contribution in [0.3, 0.4) is 0 Å². The summed E-state index contributed by atoms with van der Waals surface area (Å²) in [7, 11) is 0. The Labute approximate surface area is 186 Å². The average molecular weight is 440 g/mol. The van der Waals surface area contributed by atoms with E-state index in [1.54, 1.807) is 12.1 Å². The molecular weight excluding hydrogens is 414 g/mol. The molecule has 2 aromatic carbocycles. The highest BCUT2D eigenvalue weighted by Crippen LogP contribution is 2.35. The van der Waals surface area contributed by atoms with Crippen molar-refractivity contribution < 1.29 is 23.0 Å². The fourth-order valence-corrected chi connectivity index (χ4v) is 3.92. The van der Waals surface area contributed by atoms with Crippen molar-refractivity contribution in [3.05, 3.63) is 65.4 Å². The first kappa shape index (κ1) is 22.1. The lowest BCUT2D eigenvalue weighted by Crippen LogP contribution is -2.08. The van der Waals surface area contributed by atoms with Gasteiger partial charge >= 0.3 is 0 Å². The molecule has 0 unspecified atom stereocenters. The minimum Gasteiger partial charge on any atom is -0.487 e. The van der Waals surface area contributed by atoms with E-state index in [1.807, 2.05) is 26.0 Å². The second kappa shape index (κ2) is 9.61. The van der Waals surface area contributed by atoms with Crippen LogP contribution in [0, 0.1) is 12.7 Å². The van der Waals surface area contributed by atoms with Crippen molar-refractivity contribution in [3.8, 4) is 11.5 Å². The summed E-state index contributed by atoms with van der Waals surface area (Å²) in [5, 5.41) is 0.872. The maximum atomic E-state index is 14.7.